The van der Waals surface area contributed by atoms with Crippen LogP contribution < -0.4 is 10.6 Å². The average Bonchev–Trinajstić information content (AvgIpc) is 2.92. The van der Waals surface area contributed by atoms with Crippen LogP contribution in [-0.2, 0) is 16.6 Å². The Morgan fingerprint density at radius 2 is 2.20 bits per heavy atom. The Labute approximate surface area is 148 Å². The highest BCUT2D eigenvalue weighted by Crippen LogP contribution is 2.32. The van der Waals surface area contributed by atoms with Gasteiger partial charge in [0.2, 0.25) is 17.8 Å². The van der Waals surface area contributed by atoms with Crippen LogP contribution in [0.15, 0.2) is 36.5 Å². The lowest BCUT2D eigenvalue weighted by atomic mass is 9.92. The number of fused-ring (bicyclic) bond motifs is 2. The normalized spacial score (nSPS) is 16.4. The van der Waals surface area contributed by atoms with Crippen molar-refractivity contribution in [3.05, 3.63) is 47.1 Å². The lowest BCUT2D eigenvalue weighted by Gasteiger charge is -2.23. The van der Waals surface area contributed by atoms with Gasteiger partial charge in [-0.2, -0.15) is 0 Å². The van der Waals surface area contributed by atoms with Crippen LogP contribution in [0, 0.1) is 0 Å². The van der Waals surface area contributed by atoms with Gasteiger partial charge in [-0.25, -0.2) is 9.97 Å². The predicted octanol–water partition coefficient (Wildman–Crippen LogP) is 2.69. The molecule has 0 bridgehead atoms. The molecule has 0 radical (unpaired) electrons. The Balaban J connectivity index is 1.68. The molecule has 7 nitrogen and oxygen atoms in total. The third kappa shape index (κ3) is 2.62. The largest absolute Gasteiger partial charge is 0.313 e. The van der Waals surface area contributed by atoms with Crippen molar-refractivity contribution in [2.24, 2.45) is 7.05 Å². The molecule has 2 amide bonds. The number of hydrogen-bond donors (Lipinski definition) is 2. The summed E-state index contributed by atoms with van der Waals surface area (Å²) in [5, 5.41) is 6.00. The maximum atomic E-state index is 12.8. The Morgan fingerprint density at radius 3 is 3.00 bits per heavy atom. The fourth-order valence-corrected chi connectivity index (χ4v) is 3.22. The van der Waals surface area contributed by atoms with E-state index in [2.05, 4.69) is 20.6 Å². The molecular formula is C17H14ClN5O2. The molecule has 0 saturated carbocycles. The lowest BCUT2D eigenvalue weighted by Crippen LogP contribution is -2.31. The number of nitrogens with one attached hydrogen (secondary N) is 2. The standard InChI is InChI=1S/C17H14ClN5O2/c1-23-12-6-2-5-11(18)14(12)21-17(23)22-16(25)10-8-13(24)20-15-9(10)4-3-7-19-15/h2-7,10H,8H2,1H3,(H,19,20,24)(H,21,22,25). The van der Waals surface area contributed by atoms with Gasteiger partial charge in [0.1, 0.15) is 11.3 Å². The molecule has 0 saturated heterocycles. The first-order chi connectivity index (χ1) is 12.0. The summed E-state index contributed by atoms with van der Waals surface area (Å²) in [5.41, 5.74) is 2.12. The minimum Gasteiger partial charge on any atom is -0.313 e. The number of pyridine rings is 1. The maximum absolute atomic E-state index is 12.8. The molecule has 1 aromatic carbocycles. The molecule has 126 valence electrons. The summed E-state index contributed by atoms with van der Waals surface area (Å²) in [5.74, 6) is -0.359. The van der Waals surface area contributed by atoms with Crippen molar-refractivity contribution in [2.75, 3.05) is 10.6 Å². The number of hydrogen-bond acceptors (Lipinski definition) is 4. The van der Waals surface area contributed by atoms with E-state index in [0.29, 0.717) is 27.9 Å². The molecule has 2 aromatic heterocycles. The zero-order valence-corrected chi connectivity index (χ0v) is 14.0. The number of rotatable bonds is 2. The van der Waals surface area contributed by atoms with Gasteiger partial charge in [0.05, 0.1) is 16.5 Å². The van der Waals surface area contributed by atoms with Gasteiger partial charge in [-0.3, -0.25) is 14.9 Å². The number of carbonyl (C=O) groups excluding carboxylic acids is 2. The summed E-state index contributed by atoms with van der Waals surface area (Å²) in [6.07, 6.45) is 1.64. The molecule has 0 aliphatic carbocycles. The molecule has 1 unspecified atom stereocenters. The fraction of sp³-hybridized carbons (Fsp3) is 0.176. The van der Waals surface area contributed by atoms with E-state index in [4.69, 9.17) is 11.6 Å². The van der Waals surface area contributed by atoms with Gasteiger partial charge in [0.15, 0.2) is 0 Å². The molecule has 1 aliphatic rings. The number of nitrogens with zero attached hydrogens (tertiary/aromatic N) is 3. The summed E-state index contributed by atoms with van der Waals surface area (Å²) in [6, 6.07) is 8.97. The first kappa shape index (κ1) is 15.6. The minimum atomic E-state index is -0.618. The first-order valence-corrected chi connectivity index (χ1v) is 8.09. The fourth-order valence-electron chi connectivity index (χ4n) is 3.01. The summed E-state index contributed by atoms with van der Waals surface area (Å²) >= 11 is 6.16. The van der Waals surface area contributed by atoms with Crippen LogP contribution in [0.5, 0.6) is 0 Å². The highest BCUT2D eigenvalue weighted by atomic mass is 35.5. The summed E-state index contributed by atoms with van der Waals surface area (Å²) < 4.78 is 1.76. The first-order valence-electron chi connectivity index (χ1n) is 7.71. The van der Waals surface area contributed by atoms with E-state index < -0.39 is 5.92 Å². The molecule has 25 heavy (non-hydrogen) atoms. The minimum absolute atomic E-state index is 0.0647. The average molecular weight is 356 g/mol. The third-order valence-corrected chi connectivity index (χ3v) is 4.58. The summed E-state index contributed by atoms with van der Waals surface area (Å²) in [7, 11) is 1.80. The summed E-state index contributed by atoms with van der Waals surface area (Å²) in [6.45, 7) is 0. The van der Waals surface area contributed by atoms with Gasteiger partial charge in [-0.1, -0.05) is 23.7 Å². The van der Waals surface area contributed by atoms with Crippen LogP contribution in [-0.4, -0.2) is 26.3 Å². The van der Waals surface area contributed by atoms with E-state index in [9.17, 15) is 9.59 Å². The van der Waals surface area contributed by atoms with Crippen LogP contribution >= 0.6 is 11.6 Å². The maximum Gasteiger partial charge on any atom is 0.234 e. The van der Waals surface area contributed by atoms with Gasteiger partial charge in [-0.05, 0) is 18.2 Å². The van der Waals surface area contributed by atoms with Gasteiger partial charge in [0.25, 0.3) is 0 Å². The number of halogens is 1. The van der Waals surface area contributed by atoms with Crippen molar-refractivity contribution in [1.29, 1.82) is 0 Å². The number of amides is 2. The molecule has 4 rings (SSSR count). The van der Waals surface area contributed by atoms with Crippen molar-refractivity contribution < 1.29 is 9.59 Å². The molecule has 1 atom stereocenters. The monoisotopic (exact) mass is 355 g/mol. The molecule has 2 N–H and O–H groups in total. The molecule has 8 heteroatoms. The molecule has 0 spiro atoms. The van der Waals surface area contributed by atoms with Gasteiger partial charge in [-0.15, -0.1) is 0 Å². The van der Waals surface area contributed by atoms with E-state index in [1.54, 1.807) is 36.0 Å². The van der Waals surface area contributed by atoms with Crippen LogP contribution in [0.2, 0.25) is 5.02 Å². The van der Waals surface area contributed by atoms with E-state index in [1.165, 1.54) is 0 Å². The molecule has 3 heterocycles. The smallest absolute Gasteiger partial charge is 0.234 e. The molecule has 3 aromatic rings. The van der Waals surface area contributed by atoms with Gasteiger partial charge >= 0.3 is 0 Å². The topological polar surface area (TPSA) is 88.9 Å². The zero-order valence-electron chi connectivity index (χ0n) is 13.3. The number of imidazole rings is 1. The van der Waals surface area contributed by atoms with E-state index >= 15 is 0 Å². The number of benzene rings is 1. The van der Waals surface area contributed by atoms with Crippen molar-refractivity contribution >= 4 is 46.2 Å². The van der Waals surface area contributed by atoms with Crippen molar-refractivity contribution in [1.82, 2.24) is 14.5 Å². The number of anilines is 2. The van der Waals surface area contributed by atoms with Crippen molar-refractivity contribution in [3.8, 4) is 0 Å². The third-order valence-electron chi connectivity index (χ3n) is 4.28. The zero-order chi connectivity index (χ0) is 17.6. The highest BCUT2D eigenvalue weighted by molar-refractivity contribution is 6.35. The van der Waals surface area contributed by atoms with Crippen molar-refractivity contribution in [2.45, 2.75) is 12.3 Å². The van der Waals surface area contributed by atoms with Crippen LogP contribution in [0.1, 0.15) is 17.9 Å². The second-order valence-corrected chi connectivity index (χ2v) is 6.24. The van der Waals surface area contributed by atoms with Crippen LogP contribution in [0.3, 0.4) is 0 Å². The predicted molar refractivity (Wildman–Crippen MR) is 94.6 cm³/mol. The molecular weight excluding hydrogens is 342 g/mol. The van der Waals surface area contributed by atoms with E-state index in [1.807, 2.05) is 12.1 Å². The number of aryl methyl sites for hydroxylation is 1. The Morgan fingerprint density at radius 1 is 1.36 bits per heavy atom. The van der Waals surface area contributed by atoms with Crippen LogP contribution in [0.25, 0.3) is 11.0 Å². The Hall–Kier alpha value is -2.93. The number of para-hydroxylation sites is 1. The number of aromatic nitrogens is 3. The van der Waals surface area contributed by atoms with E-state index in [0.717, 1.165) is 5.52 Å². The second-order valence-electron chi connectivity index (χ2n) is 5.84. The van der Waals surface area contributed by atoms with Gasteiger partial charge in [0, 0.05) is 25.2 Å². The molecule has 0 fully saturated rings. The SMILES string of the molecule is Cn1c(NC(=O)C2CC(=O)Nc3ncccc32)nc2c(Cl)cccc21. The second kappa shape index (κ2) is 5.86. The highest BCUT2D eigenvalue weighted by Gasteiger charge is 2.32. The van der Waals surface area contributed by atoms with Crippen LogP contribution in [0.4, 0.5) is 11.8 Å². The summed E-state index contributed by atoms with van der Waals surface area (Å²) in [4.78, 5) is 33.2. The Kier molecular flexibility index (Phi) is 3.65. The van der Waals surface area contributed by atoms with E-state index in [-0.39, 0.29) is 18.2 Å². The quantitative estimate of drug-likeness (QED) is 0.739. The van der Waals surface area contributed by atoms with Crippen molar-refractivity contribution in [3.63, 3.8) is 0 Å². The molecule has 1 aliphatic heterocycles. The number of carbonyl (C=O) groups is 2. The lowest BCUT2D eigenvalue weighted by molar-refractivity contribution is -0.123. The Bertz CT molecular complexity index is 1010. The van der Waals surface area contributed by atoms with Gasteiger partial charge < -0.3 is 9.88 Å².